The van der Waals surface area contributed by atoms with Crippen LogP contribution in [0.1, 0.15) is 31.2 Å². The van der Waals surface area contributed by atoms with Gasteiger partial charge in [-0.1, -0.05) is 29.3 Å². The van der Waals surface area contributed by atoms with Crippen molar-refractivity contribution in [2.24, 2.45) is 0 Å². The second-order valence-electron chi connectivity index (χ2n) is 6.38. The molecule has 2 saturated heterocycles. The van der Waals surface area contributed by atoms with Gasteiger partial charge in [0.25, 0.3) is 0 Å². The molecule has 6 heteroatoms. The predicted molar refractivity (Wildman–Crippen MR) is 92.2 cm³/mol. The molecule has 1 aromatic rings. The summed E-state index contributed by atoms with van der Waals surface area (Å²) >= 11 is 12.5. The van der Waals surface area contributed by atoms with Crippen LogP contribution in [0, 0.1) is 0 Å². The SMILES string of the molecule is O=C(NCC1(c2ccc(Cl)cc2Cl)CCOCC1)C1CCCN1. The molecule has 1 unspecified atom stereocenters. The molecule has 1 aromatic carbocycles. The minimum Gasteiger partial charge on any atom is -0.381 e. The van der Waals surface area contributed by atoms with Crippen LogP contribution < -0.4 is 10.6 Å². The standard InChI is InChI=1S/C17H22Cl2N2O2/c18-12-3-4-13(14(19)10-12)17(5-8-23-9-6-17)11-21-16(22)15-2-1-7-20-15/h3-4,10,15,20H,1-2,5-9,11H2,(H,21,22). The lowest BCUT2D eigenvalue weighted by molar-refractivity contribution is -0.123. The molecule has 2 heterocycles. The van der Waals surface area contributed by atoms with Crippen molar-refractivity contribution in [1.82, 2.24) is 10.6 Å². The second kappa shape index (κ2) is 7.39. The van der Waals surface area contributed by atoms with Gasteiger partial charge in [0.2, 0.25) is 5.91 Å². The van der Waals surface area contributed by atoms with Crippen molar-refractivity contribution in [2.45, 2.75) is 37.1 Å². The Balaban J connectivity index is 1.77. The summed E-state index contributed by atoms with van der Waals surface area (Å²) in [6.45, 7) is 2.85. The molecule has 0 spiro atoms. The van der Waals surface area contributed by atoms with E-state index in [0.29, 0.717) is 29.8 Å². The van der Waals surface area contributed by atoms with E-state index >= 15 is 0 Å². The van der Waals surface area contributed by atoms with Gasteiger partial charge in [-0.15, -0.1) is 0 Å². The molecule has 1 amide bonds. The number of hydrogen-bond acceptors (Lipinski definition) is 3. The summed E-state index contributed by atoms with van der Waals surface area (Å²) in [7, 11) is 0. The molecule has 0 saturated carbocycles. The highest BCUT2D eigenvalue weighted by molar-refractivity contribution is 6.35. The maximum absolute atomic E-state index is 12.3. The summed E-state index contributed by atoms with van der Waals surface area (Å²) in [5.74, 6) is 0.0819. The molecule has 126 valence electrons. The zero-order valence-corrected chi connectivity index (χ0v) is 14.6. The van der Waals surface area contributed by atoms with Gasteiger partial charge in [0, 0.05) is 35.2 Å². The van der Waals surface area contributed by atoms with E-state index in [1.165, 1.54) is 0 Å². The van der Waals surface area contributed by atoms with Gasteiger partial charge in [-0.25, -0.2) is 0 Å². The van der Waals surface area contributed by atoms with Crippen LogP contribution in [0.25, 0.3) is 0 Å². The van der Waals surface area contributed by atoms with Gasteiger partial charge < -0.3 is 15.4 Å². The fraction of sp³-hybridized carbons (Fsp3) is 0.588. The van der Waals surface area contributed by atoms with Crippen LogP contribution in [0.5, 0.6) is 0 Å². The van der Waals surface area contributed by atoms with Crippen molar-refractivity contribution in [3.8, 4) is 0 Å². The highest BCUT2D eigenvalue weighted by Crippen LogP contribution is 2.39. The Hall–Kier alpha value is -0.810. The predicted octanol–water partition coefficient (Wildman–Crippen LogP) is 2.91. The summed E-state index contributed by atoms with van der Waals surface area (Å²) in [6, 6.07) is 5.55. The number of rotatable bonds is 4. The Morgan fingerprint density at radius 1 is 1.35 bits per heavy atom. The Morgan fingerprint density at radius 2 is 2.13 bits per heavy atom. The number of carbonyl (C=O) groups excluding carboxylic acids is 1. The number of halogens is 2. The van der Waals surface area contributed by atoms with E-state index in [1.807, 2.05) is 12.1 Å². The van der Waals surface area contributed by atoms with Gasteiger partial charge in [-0.2, -0.15) is 0 Å². The molecule has 0 aliphatic carbocycles. The molecular formula is C17H22Cl2N2O2. The van der Waals surface area contributed by atoms with E-state index < -0.39 is 0 Å². The van der Waals surface area contributed by atoms with Crippen LogP contribution in [-0.4, -0.2) is 38.3 Å². The van der Waals surface area contributed by atoms with E-state index in [1.54, 1.807) is 6.07 Å². The first-order chi connectivity index (χ1) is 11.1. The average Bonchev–Trinajstić information content (AvgIpc) is 3.08. The molecule has 0 aromatic heterocycles. The van der Waals surface area contributed by atoms with Crippen LogP contribution in [-0.2, 0) is 14.9 Å². The summed E-state index contributed by atoms with van der Waals surface area (Å²) in [5.41, 5.74) is 0.861. The number of carbonyl (C=O) groups is 1. The Kier molecular flexibility index (Phi) is 5.47. The summed E-state index contributed by atoms with van der Waals surface area (Å²) in [4.78, 5) is 12.3. The summed E-state index contributed by atoms with van der Waals surface area (Å²) in [6.07, 6.45) is 3.64. The van der Waals surface area contributed by atoms with E-state index in [-0.39, 0.29) is 17.4 Å². The average molecular weight is 357 g/mol. The van der Waals surface area contributed by atoms with Gasteiger partial charge in [0.15, 0.2) is 0 Å². The molecule has 1 atom stereocenters. The minimum absolute atomic E-state index is 0.0624. The van der Waals surface area contributed by atoms with Gasteiger partial charge in [0.1, 0.15) is 0 Å². The van der Waals surface area contributed by atoms with E-state index in [4.69, 9.17) is 27.9 Å². The summed E-state index contributed by atoms with van der Waals surface area (Å²) < 4.78 is 5.52. The van der Waals surface area contributed by atoms with Gasteiger partial charge in [-0.05, 0) is 49.9 Å². The molecule has 2 aliphatic rings. The van der Waals surface area contributed by atoms with Crippen molar-refractivity contribution in [3.05, 3.63) is 33.8 Å². The molecule has 3 rings (SSSR count). The fourth-order valence-electron chi connectivity index (χ4n) is 3.51. The van der Waals surface area contributed by atoms with Crippen molar-refractivity contribution >= 4 is 29.1 Å². The third-order valence-electron chi connectivity index (χ3n) is 4.93. The minimum atomic E-state index is -0.186. The maximum atomic E-state index is 12.3. The number of amides is 1. The van der Waals surface area contributed by atoms with Crippen LogP contribution in [0.3, 0.4) is 0 Å². The molecular weight excluding hydrogens is 335 g/mol. The third-order valence-corrected chi connectivity index (χ3v) is 5.48. The zero-order valence-electron chi connectivity index (χ0n) is 13.0. The number of nitrogens with one attached hydrogen (secondary N) is 2. The first-order valence-electron chi connectivity index (χ1n) is 8.15. The lowest BCUT2D eigenvalue weighted by atomic mass is 9.74. The van der Waals surface area contributed by atoms with Crippen LogP contribution >= 0.6 is 23.2 Å². The zero-order chi connectivity index (χ0) is 16.3. The highest BCUT2D eigenvalue weighted by atomic mass is 35.5. The first kappa shape index (κ1) is 17.0. The molecule has 2 N–H and O–H groups in total. The van der Waals surface area contributed by atoms with E-state index in [2.05, 4.69) is 10.6 Å². The molecule has 4 nitrogen and oxygen atoms in total. The molecule has 2 fully saturated rings. The number of ether oxygens (including phenoxy) is 1. The quantitative estimate of drug-likeness (QED) is 0.871. The largest absolute Gasteiger partial charge is 0.381 e. The summed E-state index contributed by atoms with van der Waals surface area (Å²) in [5, 5.41) is 7.65. The Morgan fingerprint density at radius 3 is 2.78 bits per heavy atom. The molecule has 0 bridgehead atoms. The van der Waals surface area contributed by atoms with Crippen LogP contribution in [0.2, 0.25) is 10.0 Å². The van der Waals surface area contributed by atoms with E-state index in [0.717, 1.165) is 37.8 Å². The fourth-order valence-corrected chi connectivity index (χ4v) is 4.12. The van der Waals surface area contributed by atoms with Crippen molar-refractivity contribution in [1.29, 1.82) is 0 Å². The monoisotopic (exact) mass is 356 g/mol. The first-order valence-corrected chi connectivity index (χ1v) is 8.91. The van der Waals surface area contributed by atoms with Crippen LogP contribution in [0.4, 0.5) is 0 Å². The van der Waals surface area contributed by atoms with Crippen molar-refractivity contribution < 1.29 is 9.53 Å². The molecule has 0 radical (unpaired) electrons. The van der Waals surface area contributed by atoms with Crippen molar-refractivity contribution in [3.63, 3.8) is 0 Å². The van der Waals surface area contributed by atoms with Gasteiger partial charge in [0.05, 0.1) is 6.04 Å². The van der Waals surface area contributed by atoms with E-state index in [9.17, 15) is 4.79 Å². The third kappa shape index (κ3) is 3.82. The van der Waals surface area contributed by atoms with Crippen molar-refractivity contribution in [2.75, 3.05) is 26.3 Å². The van der Waals surface area contributed by atoms with Gasteiger partial charge >= 0.3 is 0 Å². The molecule has 2 aliphatic heterocycles. The smallest absolute Gasteiger partial charge is 0.237 e. The Labute approximate surface area is 146 Å². The molecule has 23 heavy (non-hydrogen) atoms. The lowest BCUT2D eigenvalue weighted by Crippen LogP contribution is -2.48. The number of hydrogen-bond donors (Lipinski definition) is 2. The second-order valence-corrected chi connectivity index (χ2v) is 7.23. The highest BCUT2D eigenvalue weighted by Gasteiger charge is 2.37. The lowest BCUT2D eigenvalue weighted by Gasteiger charge is -2.38. The van der Waals surface area contributed by atoms with Gasteiger partial charge in [-0.3, -0.25) is 4.79 Å². The maximum Gasteiger partial charge on any atom is 0.237 e. The normalized spacial score (nSPS) is 23.7. The Bertz CT molecular complexity index is 568. The van der Waals surface area contributed by atoms with Crippen LogP contribution in [0.15, 0.2) is 18.2 Å². The topological polar surface area (TPSA) is 50.4 Å². The number of benzene rings is 1.